The number of anilines is 1. The number of nitrogens with zero attached hydrogens (tertiary/aromatic N) is 3. The summed E-state index contributed by atoms with van der Waals surface area (Å²) in [6.45, 7) is 0. The Labute approximate surface area is 100 Å². The van der Waals surface area contributed by atoms with E-state index < -0.39 is 0 Å². The van der Waals surface area contributed by atoms with Crippen LogP contribution in [0.3, 0.4) is 0 Å². The average molecular weight is 226 g/mol. The minimum absolute atomic E-state index is 0.00500. The first-order chi connectivity index (χ1) is 8.29. The Morgan fingerprint density at radius 2 is 2.18 bits per heavy atom. The fourth-order valence-corrected chi connectivity index (χ4v) is 1.73. The van der Waals surface area contributed by atoms with Crippen molar-refractivity contribution < 1.29 is 0 Å². The minimum atomic E-state index is 0.00500. The Morgan fingerprint density at radius 3 is 2.76 bits per heavy atom. The first-order valence-electron chi connectivity index (χ1n) is 5.46. The molecule has 4 nitrogen and oxygen atoms in total. The lowest BCUT2D eigenvalue weighted by molar-refractivity contribution is 0.766. The molecule has 1 N–H and O–H groups in total. The molecule has 0 saturated heterocycles. The molecule has 0 bridgehead atoms. The molecule has 0 aliphatic carbocycles. The second kappa shape index (κ2) is 5.17. The maximum absolute atomic E-state index is 8.87. The Hall–Kier alpha value is -2.28. The summed E-state index contributed by atoms with van der Waals surface area (Å²) in [5, 5.41) is 16.3. The topological polar surface area (TPSA) is 53.6 Å². The standard InChI is InChI=1S/C13H14N4/c1-17-10-12(9-15-17)16-13(7-8-14)11-5-3-2-4-6-11/h2-6,9-10,13,16H,7H2,1H3. The molecule has 86 valence electrons. The molecule has 1 aromatic carbocycles. The van der Waals surface area contributed by atoms with Gasteiger partial charge in [-0.1, -0.05) is 30.3 Å². The van der Waals surface area contributed by atoms with Crippen LogP contribution in [0.1, 0.15) is 18.0 Å². The van der Waals surface area contributed by atoms with Gasteiger partial charge in [0, 0.05) is 13.2 Å². The van der Waals surface area contributed by atoms with E-state index in [2.05, 4.69) is 16.5 Å². The molecule has 1 heterocycles. The van der Waals surface area contributed by atoms with Crippen LogP contribution in [0.2, 0.25) is 0 Å². The van der Waals surface area contributed by atoms with Crippen molar-refractivity contribution in [3.8, 4) is 6.07 Å². The van der Waals surface area contributed by atoms with Gasteiger partial charge in [0.1, 0.15) is 0 Å². The van der Waals surface area contributed by atoms with Gasteiger partial charge < -0.3 is 5.32 Å². The number of hydrogen-bond acceptors (Lipinski definition) is 3. The number of aryl methyl sites for hydroxylation is 1. The molecule has 0 radical (unpaired) electrons. The van der Waals surface area contributed by atoms with Gasteiger partial charge in [0.05, 0.1) is 30.4 Å². The van der Waals surface area contributed by atoms with E-state index >= 15 is 0 Å². The maximum Gasteiger partial charge on any atom is 0.0731 e. The van der Waals surface area contributed by atoms with Gasteiger partial charge in [0.2, 0.25) is 0 Å². The van der Waals surface area contributed by atoms with Gasteiger partial charge in [0.15, 0.2) is 0 Å². The van der Waals surface area contributed by atoms with Gasteiger partial charge in [-0.25, -0.2) is 0 Å². The van der Waals surface area contributed by atoms with Gasteiger partial charge in [0.25, 0.3) is 0 Å². The molecule has 0 saturated carbocycles. The number of aromatic nitrogens is 2. The zero-order valence-electron chi connectivity index (χ0n) is 9.67. The van der Waals surface area contributed by atoms with Crippen LogP contribution in [-0.2, 0) is 7.05 Å². The van der Waals surface area contributed by atoms with Crippen molar-refractivity contribution in [1.82, 2.24) is 9.78 Å². The van der Waals surface area contributed by atoms with Gasteiger partial charge in [-0.3, -0.25) is 4.68 Å². The highest BCUT2D eigenvalue weighted by Gasteiger charge is 2.11. The van der Waals surface area contributed by atoms with E-state index in [1.54, 1.807) is 10.9 Å². The van der Waals surface area contributed by atoms with Crippen LogP contribution in [0.25, 0.3) is 0 Å². The van der Waals surface area contributed by atoms with Crippen molar-refractivity contribution in [3.63, 3.8) is 0 Å². The highest BCUT2D eigenvalue weighted by Crippen LogP contribution is 2.21. The summed E-state index contributed by atoms with van der Waals surface area (Å²) in [7, 11) is 1.87. The summed E-state index contributed by atoms with van der Waals surface area (Å²) in [6, 6.07) is 12.2. The smallest absolute Gasteiger partial charge is 0.0731 e. The van der Waals surface area contributed by atoms with Crippen molar-refractivity contribution in [2.75, 3.05) is 5.32 Å². The van der Waals surface area contributed by atoms with Crippen molar-refractivity contribution in [2.45, 2.75) is 12.5 Å². The SMILES string of the molecule is Cn1cc(NC(CC#N)c2ccccc2)cn1. The molecule has 2 rings (SSSR count). The Morgan fingerprint density at radius 1 is 1.41 bits per heavy atom. The van der Waals surface area contributed by atoms with Crippen molar-refractivity contribution in [2.24, 2.45) is 7.05 Å². The molecule has 0 amide bonds. The van der Waals surface area contributed by atoms with E-state index in [9.17, 15) is 0 Å². The lowest BCUT2D eigenvalue weighted by Crippen LogP contribution is -2.09. The monoisotopic (exact) mass is 226 g/mol. The van der Waals surface area contributed by atoms with Crippen molar-refractivity contribution in [3.05, 3.63) is 48.3 Å². The number of hydrogen-bond donors (Lipinski definition) is 1. The second-order valence-corrected chi connectivity index (χ2v) is 3.87. The Balaban J connectivity index is 2.16. The molecule has 0 aliphatic rings. The van der Waals surface area contributed by atoms with Crippen LogP contribution < -0.4 is 5.32 Å². The van der Waals surface area contributed by atoms with Crippen LogP contribution in [0.15, 0.2) is 42.7 Å². The van der Waals surface area contributed by atoms with E-state index in [1.807, 2.05) is 43.6 Å². The number of rotatable bonds is 4. The zero-order valence-corrected chi connectivity index (χ0v) is 9.67. The quantitative estimate of drug-likeness (QED) is 0.871. The van der Waals surface area contributed by atoms with Crippen molar-refractivity contribution in [1.29, 1.82) is 5.26 Å². The third kappa shape index (κ3) is 2.85. The fraction of sp³-hybridized carbons (Fsp3) is 0.231. The first kappa shape index (κ1) is 11.2. The number of nitriles is 1. The summed E-state index contributed by atoms with van der Waals surface area (Å²) in [4.78, 5) is 0. The van der Waals surface area contributed by atoms with Crippen molar-refractivity contribution >= 4 is 5.69 Å². The zero-order chi connectivity index (χ0) is 12.1. The van der Waals surface area contributed by atoms with Crippen LogP contribution in [0, 0.1) is 11.3 Å². The summed E-state index contributed by atoms with van der Waals surface area (Å²) in [6.07, 6.45) is 4.08. The molecule has 0 spiro atoms. The highest BCUT2D eigenvalue weighted by atomic mass is 15.3. The Bertz CT molecular complexity index is 510. The summed E-state index contributed by atoms with van der Waals surface area (Å²) >= 11 is 0. The van der Waals surface area contributed by atoms with E-state index in [4.69, 9.17) is 5.26 Å². The summed E-state index contributed by atoms with van der Waals surface area (Å²) < 4.78 is 1.73. The number of benzene rings is 1. The fourth-order valence-electron chi connectivity index (χ4n) is 1.73. The normalized spacial score (nSPS) is 11.8. The molecule has 2 aromatic rings. The van der Waals surface area contributed by atoms with Gasteiger partial charge >= 0.3 is 0 Å². The van der Waals surface area contributed by atoms with Gasteiger partial charge in [-0.05, 0) is 5.56 Å². The molecule has 4 heteroatoms. The largest absolute Gasteiger partial charge is 0.375 e. The molecular weight excluding hydrogens is 212 g/mol. The predicted molar refractivity (Wildman–Crippen MR) is 66.2 cm³/mol. The molecular formula is C13H14N4. The highest BCUT2D eigenvalue weighted by molar-refractivity contribution is 5.42. The average Bonchev–Trinajstić information content (AvgIpc) is 2.75. The van der Waals surface area contributed by atoms with Crippen LogP contribution >= 0.6 is 0 Å². The lowest BCUT2D eigenvalue weighted by Gasteiger charge is -2.15. The first-order valence-corrected chi connectivity index (χ1v) is 5.46. The molecule has 1 atom stereocenters. The molecule has 17 heavy (non-hydrogen) atoms. The van der Waals surface area contributed by atoms with E-state index in [1.165, 1.54) is 0 Å². The van der Waals surface area contributed by atoms with E-state index in [0.29, 0.717) is 6.42 Å². The maximum atomic E-state index is 8.87. The Kier molecular flexibility index (Phi) is 3.41. The van der Waals surface area contributed by atoms with Crippen LogP contribution in [0.4, 0.5) is 5.69 Å². The number of nitrogens with one attached hydrogen (secondary N) is 1. The second-order valence-electron chi connectivity index (χ2n) is 3.87. The summed E-state index contributed by atoms with van der Waals surface area (Å²) in [5.74, 6) is 0. The predicted octanol–water partition coefficient (Wildman–Crippen LogP) is 2.49. The molecule has 1 unspecified atom stereocenters. The van der Waals surface area contributed by atoms with Crippen LogP contribution in [-0.4, -0.2) is 9.78 Å². The minimum Gasteiger partial charge on any atom is -0.375 e. The molecule has 0 aliphatic heterocycles. The van der Waals surface area contributed by atoms with Gasteiger partial charge in [-0.15, -0.1) is 0 Å². The van der Waals surface area contributed by atoms with E-state index in [-0.39, 0.29) is 6.04 Å². The molecule has 1 aromatic heterocycles. The lowest BCUT2D eigenvalue weighted by atomic mass is 10.0. The third-order valence-electron chi connectivity index (χ3n) is 2.54. The molecule has 0 fully saturated rings. The van der Waals surface area contributed by atoms with Crippen LogP contribution in [0.5, 0.6) is 0 Å². The third-order valence-corrected chi connectivity index (χ3v) is 2.54. The van der Waals surface area contributed by atoms with Gasteiger partial charge in [-0.2, -0.15) is 10.4 Å². The summed E-state index contributed by atoms with van der Waals surface area (Å²) in [5.41, 5.74) is 2.04. The van der Waals surface area contributed by atoms with E-state index in [0.717, 1.165) is 11.3 Å².